The molecular weight excluding hydrogens is 350 g/mol. The molecular formula is C20H20ClN3O2. The predicted molar refractivity (Wildman–Crippen MR) is 102 cm³/mol. The largest absolute Gasteiger partial charge is 0.506 e. The number of nitrogens with two attached hydrogens (primary N) is 1. The Labute approximate surface area is 157 Å². The summed E-state index contributed by atoms with van der Waals surface area (Å²) in [4.78, 5) is 4.54. The lowest BCUT2D eigenvalue weighted by Gasteiger charge is -2.12. The van der Waals surface area contributed by atoms with Crippen LogP contribution < -0.4 is 5.73 Å². The highest BCUT2D eigenvalue weighted by Crippen LogP contribution is 2.34. The van der Waals surface area contributed by atoms with E-state index in [9.17, 15) is 10.2 Å². The van der Waals surface area contributed by atoms with E-state index < -0.39 is 0 Å². The van der Waals surface area contributed by atoms with Crippen LogP contribution in [0.5, 0.6) is 11.5 Å². The predicted octanol–water partition coefficient (Wildman–Crippen LogP) is 3.60. The van der Waals surface area contributed by atoms with Gasteiger partial charge in [-0.1, -0.05) is 48.5 Å². The summed E-state index contributed by atoms with van der Waals surface area (Å²) < 4.78 is 1.94. The molecule has 3 aromatic rings. The van der Waals surface area contributed by atoms with E-state index in [1.165, 1.54) is 12.1 Å². The molecule has 134 valence electrons. The molecule has 1 aromatic heterocycles. The number of phenols is 2. The Balaban J connectivity index is 1.93. The normalized spacial score (nSPS) is 10.8. The van der Waals surface area contributed by atoms with Gasteiger partial charge in [0, 0.05) is 30.8 Å². The summed E-state index contributed by atoms with van der Waals surface area (Å²) in [5.41, 5.74) is 10.1. The molecule has 26 heavy (non-hydrogen) atoms. The van der Waals surface area contributed by atoms with Gasteiger partial charge in [-0.2, -0.15) is 0 Å². The van der Waals surface area contributed by atoms with Gasteiger partial charge in [0.2, 0.25) is 0 Å². The number of rotatable bonds is 6. The number of phenolic OH excluding ortho intramolecular Hbond substituents is 2. The van der Waals surface area contributed by atoms with E-state index in [0.29, 0.717) is 30.6 Å². The second kappa shape index (κ2) is 7.54. The fourth-order valence-corrected chi connectivity index (χ4v) is 2.99. The maximum absolute atomic E-state index is 9.82. The van der Waals surface area contributed by atoms with Crippen LogP contribution in [-0.4, -0.2) is 19.8 Å². The summed E-state index contributed by atoms with van der Waals surface area (Å²) in [7, 11) is 0. The van der Waals surface area contributed by atoms with Gasteiger partial charge in [-0.3, -0.25) is 0 Å². The topological polar surface area (TPSA) is 84.3 Å². The highest BCUT2D eigenvalue weighted by atomic mass is 35.5. The molecule has 4 N–H and O–H groups in total. The summed E-state index contributed by atoms with van der Waals surface area (Å²) in [6, 6.07) is 13.1. The van der Waals surface area contributed by atoms with Crippen molar-refractivity contribution in [3.05, 3.63) is 88.6 Å². The molecule has 0 fully saturated rings. The first kappa shape index (κ1) is 17.9. The molecule has 2 aromatic carbocycles. The zero-order chi connectivity index (χ0) is 18.7. The average Bonchev–Trinajstić information content (AvgIpc) is 2.95. The van der Waals surface area contributed by atoms with Crippen molar-refractivity contribution in [1.82, 2.24) is 9.55 Å². The number of halogens is 1. The van der Waals surface area contributed by atoms with Crippen LogP contribution in [0, 0.1) is 0 Å². The lowest BCUT2D eigenvalue weighted by atomic mass is 10.1. The summed E-state index contributed by atoms with van der Waals surface area (Å²) in [5, 5.41) is 19.6. The maximum atomic E-state index is 9.82. The van der Waals surface area contributed by atoms with Gasteiger partial charge in [0.05, 0.1) is 12.0 Å². The number of hydrogen-bond donors (Lipinski definition) is 3. The lowest BCUT2D eigenvalue weighted by Crippen LogP contribution is -2.09. The Hall–Kier alpha value is -2.92. The van der Waals surface area contributed by atoms with Crippen LogP contribution >= 0.6 is 11.6 Å². The minimum atomic E-state index is -0.156. The number of imidazole rings is 1. The first-order valence-corrected chi connectivity index (χ1v) is 8.52. The van der Waals surface area contributed by atoms with Crippen molar-refractivity contribution in [2.75, 3.05) is 0 Å². The smallest absolute Gasteiger partial charge is 0.138 e. The van der Waals surface area contributed by atoms with Gasteiger partial charge in [0.1, 0.15) is 16.5 Å². The summed E-state index contributed by atoms with van der Waals surface area (Å²) in [6.07, 6.45) is 2.92. The van der Waals surface area contributed by atoms with Crippen molar-refractivity contribution in [3.63, 3.8) is 0 Å². The second-order valence-electron chi connectivity index (χ2n) is 6.21. The van der Waals surface area contributed by atoms with E-state index in [2.05, 4.69) is 23.7 Å². The van der Waals surface area contributed by atoms with E-state index in [1.54, 1.807) is 6.33 Å². The van der Waals surface area contributed by atoms with Crippen LogP contribution in [0.25, 0.3) is 0 Å². The van der Waals surface area contributed by atoms with Crippen LogP contribution in [0.1, 0.15) is 22.5 Å². The van der Waals surface area contributed by atoms with Gasteiger partial charge in [-0.15, -0.1) is 0 Å². The van der Waals surface area contributed by atoms with Gasteiger partial charge < -0.3 is 20.5 Å². The molecule has 0 spiro atoms. The van der Waals surface area contributed by atoms with E-state index in [-0.39, 0.29) is 16.5 Å². The summed E-state index contributed by atoms with van der Waals surface area (Å²) in [5.74, 6) is -0.313. The molecule has 0 atom stereocenters. The quantitative estimate of drug-likeness (QED) is 0.619. The molecule has 0 aliphatic heterocycles. The number of nitrogens with zero attached hydrogens (tertiary/aromatic N) is 2. The fourth-order valence-electron chi connectivity index (χ4n) is 2.88. The molecule has 3 rings (SSSR count). The molecule has 0 unspecified atom stereocenters. The standard InChI is InChI=1S/C20H20ClN3O2/c1-13(22)7-17-16(8-14-5-3-2-4-6-14)23-12-24(17)11-15-9-18(25)20(21)19(26)10-15/h2-6,9-10,12,25-26H,1,7-8,11,22H2. The van der Waals surface area contributed by atoms with Gasteiger partial charge in [0.25, 0.3) is 0 Å². The highest BCUT2D eigenvalue weighted by molar-refractivity contribution is 6.33. The molecule has 0 amide bonds. The van der Waals surface area contributed by atoms with Gasteiger partial charge in [-0.05, 0) is 23.3 Å². The first-order chi connectivity index (χ1) is 12.4. The molecule has 0 bridgehead atoms. The van der Waals surface area contributed by atoms with Crippen molar-refractivity contribution >= 4 is 11.6 Å². The molecule has 0 saturated heterocycles. The monoisotopic (exact) mass is 369 g/mol. The van der Waals surface area contributed by atoms with Crippen LogP contribution in [0.2, 0.25) is 5.02 Å². The molecule has 0 aliphatic rings. The van der Waals surface area contributed by atoms with Crippen LogP contribution in [0.4, 0.5) is 0 Å². The number of aromatic hydroxyl groups is 2. The van der Waals surface area contributed by atoms with Crippen molar-refractivity contribution in [2.24, 2.45) is 5.73 Å². The van der Waals surface area contributed by atoms with Crippen molar-refractivity contribution in [3.8, 4) is 11.5 Å². The Morgan fingerprint density at radius 2 is 1.77 bits per heavy atom. The average molecular weight is 370 g/mol. The summed E-state index contributed by atoms with van der Waals surface area (Å²) in [6.45, 7) is 4.22. The molecule has 6 heteroatoms. The van der Waals surface area contributed by atoms with Crippen LogP contribution in [0.15, 0.2) is 61.1 Å². The number of allylic oxidation sites excluding steroid dienone is 1. The van der Waals surface area contributed by atoms with E-state index >= 15 is 0 Å². The number of hydrogen-bond acceptors (Lipinski definition) is 4. The van der Waals surface area contributed by atoms with Crippen molar-refractivity contribution < 1.29 is 10.2 Å². The molecule has 0 aliphatic carbocycles. The van der Waals surface area contributed by atoms with Gasteiger partial charge >= 0.3 is 0 Å². The third-order valence-electron chi connectivity index (χ3n) is 4.09. The molecule has 0 saturated carbocycles. The minimum Gasteiger partial charge on any atom is -0.506 e. The van der Waals surface area contributed by atoms with E-state index in [1.807, 2.05) is 22.8 Å². The SMILES string of the molecule is C=C(N)Cc1c(Cc2ccccc2)ncn1Cc1cc(O)c(Cl)c(O)c1. The van der Waals surface area contributed by atoms with Crippen molar-refractivity contribution in [2.45, 2.75) is 19.4 Å². The third kappa shape index (κ3) is 4.00. The Bertz CT molecular complexity index is 912. The van der Waals surface area contributed by atoms with Crippen LogP contribution in [-0.2, 0) is 19.4 Å². The van der Waals surface area contributed by atoms with E-state index in [0.717, 1.165) is 17.0 Å². The van der Waals surface area contributed by atoms with Crippen LogP contribution in [0.3, 0.4) is 0 Å². The Morgan fingerprint density at radius 3 is 2.38 bits per heavy atom. The first-order valence-electron chi connectivity index (χ1n) is 8.14. The molecule has 0 radical (unpaired) electrons. The second-order valence-corrected chi connectivity index (χ2v) is 6.59. The molecule has 5 nitrogen and oxygen atoms in total. The Kier molecular flexibility index (Phi) is 5.19. The third-order valence-corrected chi connectivity index (χ3v) is 4.48. The molecule has 1 heterocycles. The zero-order valence-electron chi connectivity index (χ0n) is 14.2. The lowest BCUT2D eigenvalue weighted by molar-refractivity contribution is 0.449. The Morgan fingerprint density at radius 1 is 1.12 bits per heavy atom. The maximum Gasteiger partial charge on any atom is 0.138 e. The zero-order valence-corrected chi connectivity index (χ0v) is 14.9. The van der Waals surface area contributed by atoms with Gasteiger partial charge in [0.15, 0.2) is 0 Å². The van der Waals surface area contributed by atoms with Crippen molar-refractivity contribution in [1.29, 1.82) is 0 Å². The van der Waals surface area contributed by atoms with Gasteiger partial charge in [-0.25, -0.2) is 4.98 Å². The fraction of sp³-hybridized carbons (Fsp3) is 0.150. The van der Waals surface area contributed by atoms with E-state index in [4.69, 9.17) is 17.3 Å². The number of aromatic nitrogens is 2. The number of benzene rings is 2. The minimum absolute atomic E-state index is 0.0558. The highest BCUT2D eigenvalue weighted by Gasteiger charge is 2.14. The summed E-state index contributed by atoms with van der Waals surface area (Å²) >= 11 is 5.80.